The Morgan fingerprint density at radius 2 is 2.16 bits per heavy atom. The number of aryl methyl sites for hydroxylation is 2. The van der Waals surface area contributed by atoms with E-state index < -0.39 is 0 Å². The molecule has 0 saturated carbocycles. The maximum Gasteiger partial charge on any atom is 0.233 e. The van der Waals surface area contributed by atoms with E-state index in [4.69, 9.17) is 0 Å². The van der Waals surface area contributed by atoms with Crippen molar-refractivity contribution in [3.8, 4) is 0 Å². The molecule has 2 rings (SSSR count). The number of thioether (sulfide) groups is 1. The van der Waals surface area contributed by atoms with Gasteiger partial charge in [0.25, 0.3) is 0 Å². The van der Waals surface area contributed by atoms with Gasteiger partial charge < -0.3 is 10.2 Å². The number of nitrogens with zero attached hydrogens (tertiary/aromatic N) is 3. The zero-order valence-corrected chi connectivity index (χ0v) is 12.5. The highest BCUT2D eigenvalue weighted by molar-refractivity contribution is 7.99. The first-order chi connectivity index (χ1) is 9.06. The third-order valence-electron chi connectivity index (χ3n) is 3.26. The van der Waals surface area contributed by atoms with Crippen LogP contribution in [0, 0.1) is 13.8 Å². The highest BCUT2D eigenvalue weighted by Crippen LogP contribution is 2.16. The minimum absolute atomic E-state index is 0.140. The zero-order valence-electron chi connectivity index (χ0n) is 11.6. The molecule has 1 fully saturated rings. The van der Waals surface area contributed by atoms with Crippen molar-refractivity contribution in [3.05, 3.63) is 17.5 Å². The van der Waals surface area contributed by atoms with E-state index in [0.29, 0.717) is 17.0 Å². The number of hydrogen-bond donors (Lipinski definition) is 1. The number of carbonyl (C=O) groups excluding carboxylic acids is 1. The Morgan fingerprint density at radius 1 is 1.47 bits per heavy atom. The summed E-state index contributed by atoms with van der Waals surface area (Å²) >= 11 is 1.41. The third-order valence-corrected chi connectivity index (χ3v) is 4.09. The predicted octanol–water partition coefficient (Wildman–Crippen LogP) is 1.01. The van der Waals surface area contributed by atoms with Crippen LogP contribution in [0.1, 0.15) is 17.8 Å². The Kier molecular flexibility index (Phi) is 4.76. The lowest BCUT2D eigenvalue weighted by atomic mass is 10.2. The van der Waals surface area contributed by atoms with Crippen LogP contribution in [0.5, 0.6) is 0 Å². The topological polar surface area (TPSA) is 58.1 Å². The van der Waals surface area contributed by atoms with Gasteiger partial charge in [-0.1, -0.05) is 11.8 Å². The molecule has 0 bridgehead atoms. The van der Waals surface area contributed by atoms with E-state index in [0.717, 1.165) is 30.9 Å². The van der Waals surface area contributed by atoms with Crippen LogP contribution in [0.25, 0.3) is 0 Å². The number of carbonyl (C=O) groups is 1. The van der Waals surface area contributed by atoms with Gasteiger partial charge in [0.1, 0.15) is 0 Å². The molecule has 1 aliphatic rings. The van der Waals surface area contributed by atoms with Gasteiger partial charge in [-0.25, -0.2) is 9.97 Å². The first kappa shape index (κ1) is 14.3. The highest BCUT2D eigenvalue weighted by atomic mass is 32.2. The number of hydrogen-bond acceptors (Lipinski definition) is 5. The van der Waals surface area contributed by atoms with Crippen molar-refractivity contribution in [3.63, 3.8) is 0 Å². The molecule has 0 spiro atoms. The molecule has 0 aromatic carbocycles. The van der Waals surface area contributed by atoms with Crippen LogP contribution in [0.2, 0.25) is 0 Å². The normalized spacial score (nSPS) is 18.6. The average molecular weight is 280 g/mol. The van der Waals surface area contributed by atoms with Crippen molar-refractivity contribution < 1.29 is 4.79 Å². The van der Waals surface area contributed by atoms with Gasteiger partial charge in [0.2, 0.25) is 5.91 Å². The number of likely N-dealkylation sites (N-methyl/N-ethyl adjacent to an activating group) is 1. The molecule has 1 aromatic rings. The second kappa shape index (κ2) is 6.34. The van der Waals surface area contributed by atoms with Crippen LogP contribution in [0.4, 0.5) is 0 Å². The lowest BCUT2D eigenvalue weighted by molar-refractivity contribution is -0.128. The first-order valence-electron chi connectivity index (χ1n) is 6.47. The summed E-state index contributed by atoms with van der Waals surface area (Å²) in [5, 5.41) is 3.96. The molecule has 5 nitrogen and oxygen atoms in total. The molecule has 0 aliphatic carbocycles. The van der Waals surface area contributed by atoms with Crippen molar-refractivity contribution in [2.45, 2.75) is 31.5 Å². The van der Waals surface area contributed by atoms with Gasteiger partial charge in [0.15, 0.2) is 5.16 Å². The number of amides is 1. The van der Waals surface area contributed by atoms with E-state index in [1.54, 1.807) is 0 Å². The van der Waals surface area contributed by atoms with Crippen molar-refractivity contribution >= 4 is 17.7 Å². The highest BCUT2D eigenvalue weighted by Gasteiger charge is 2.23. The van der Waals surface area contributed by atoms with Gasteiger partial charge >= 0.3 is 0 Å². The van der Waals surface area contributed by atoms with Crippen LogP contribution in [-0.2, 0) is 4.79 Å². The minimum Gasteiger partial charge on any atom is -0.341 e. The van der Waals surface area contributed by atoms with Gasteiger partial charge in [-0.15, -0.1) is 0 Å². The molecule has 1 saturated heterocycles. The van der Waals surface area contributed by atoms with E-state index in [9.17, 15) is 4.79 Å². The van der Waals surface area contributed by atoms with E-state index in [-0.39, 0.29) is 5.91 Å². The molecule has 104 valence electrons. The van der Waals surface area contributed by atoms with Crippen molar-refractivity contribution in [2.75, 3.05) is 25.9 Å². The second-order valence-electron chi connectivity index (χ2n) is 4.87. The Bertz CT molecular complexity index is 440. The molecule has 1 unspecified atom stereocenters. The SMILES string of the molecule is Cc1cc(C)nc(SCC(=O)N(C)C2CCNC2)n1. The van der Waals surface area contributed by atoms with E-state index in [1.807, 2.05) is 31.9 Å². The molecule has 1 aromatic heterocycles. The summed E-state index contributed by atoms with van der Waals surface area (Å²) in [4.78, 5) is 22.6. The Labute approximate surface area is 118 Å². The quantitative estimate of drug-likeness (QED) is 0.659. The van der Waals surface area contributed by atoms with Gasteiger partial charge in [-0.05, 0) is 32.9 Å². The zero-order chi connectivity index (χ0) is 13.8. The third kappa shape index (κ3) is 3.91. The van der Waals surface area contributed by atoms with Gasteiger partial charge in [0.05, 0.1) is 5.75 Å². The van der Waals surface area contributed by atoms with Crippen molar-refractivity contribution in [1.82, 2.24) is 20.2 Å². The summed E-state index contributed by atoms with van der Waals surface area (Å²) in [7, 11) is 1.88. The lowest BCUT2D eigenvalue weighted by Gasteiger charge is -2.23. The Balaban J connectivity index is 1.88. The summed E-state index contributed by atoms with van der Waals surface area (Å²) in [5.74, 6) is 0.539. The summed E-state index contributed by atoms with van der Waals surface area (Å²) in [6.07, 6.45) is 1.03. The fourth-order valence-electron chi connectivity index (χ4n) is 2.16. The molecule has 6 heteroatoms. The Morgan fingerprint density at radius 3 is 2.74 bits per heavy atom. The van der Waals surface area contributed by atoms with Crippen molar-refractivity contribution in [1.29, 1.82) is 0 Å². The molecular weight excluding hydrogens is 260 g/mol. The second-order valence-corrected chi connectivity index (χ2v) is 5.82. The maximum absolute atomic E-state index is 12.1. The van der Waals surface area contributed by atoms with Crippen LogP contribution in [0.3, 0.4) is 0 Å². The monoisotopic (exact) mass is 280 g/mol. The lowest BCUT2D eigenvalue weighted by Crippen LogP contribution is -2.39. The molecule has 2 heterocycles. The molecule has 1 aliphatic heterocycles. The smallest absolute Gasteiger partial charge is 0.233 e. The minimum atomic E-state index is 0.140. The van der Waals surface area contributed by atoms with Crippen LogP contribution in [0.15, 0.2) is 11.2 Å². The summed E-state index contributed by atoms with van der Waals surface area (Å²) in [6, 6.07) is 2.26. The largest absolute Gasteiger partial charge is 0.341 e. The summed E-state index contributed by atoms with van der Waals surface area (Å²) in [5.41, 5.74) is 1.88. The molecule has 1 atom stereocenters. The molecule has 19 heavy (non-hydrogen) atoms. The van der Waals surface area contributed by atoms with Crippen LogP contribution in [-0.4, -0.2) is 52.7 Å². The van der Waals surface area contributed by atoms with Crippen LogP contribution < -0.4 is 5.32 Å². The molecule has 1 N–H and O–H groups in total. The fourth-order valence-corrected chi connectivity index (χ4v) is 3.03. The van der Waals surface area contributed by atoms with Gasteiger partial charge in [0, 0.05) is 31.0 Å². The number of rotatable bonds is 4. The number of nitrogens with one attached hydrogen (secondary N) is 1. The van der Waals surface area contributed by atoms with E-state index >= 15 is 0 Å². The average Bonchev–Trinajstić information content (AvgIpc) is 2.87. The predicted molar refractivity (Wildman–Crippen MR) is 76.3 cm³/mol. The number of aromatic nitrogens is 2. The van der Waals surface area contributed by atoms with Gasteiger partial charge in [-0.2, -0.15) is 0 Å². The van der Waals surface area contributed by atoms with Crippen LogP contribution >= 0.6 is 11.8 Å². The van der Waals surface area contributed by atoms with Crippen molar-refractivity contribution in [2.24, 2.45) is 0 Å². The standard InChI is InChI=1S/C13H20N4OS/c1-9-6-10(2)16-13(15-9)19-8-12(18)17(3)11-4-5-14-7-11/h6,11,14H,4-5,7-8H2,1-3H3. The molecular formula is C13H20N4OS. The molecule has 0 radical (unpaired) electrons. The van der Waals surface area contributed by atoms with Gasteiger partial charge in [-0.3, -0.25) is 4.79 Å². The van der Waals surface area contributed by atoms with E-state index in [2.05, 4.69) is 15.3 Å². The maximum atomic E-state index is 12.1. The first-order valence-corrected chi connectivity index (χ1v) is 7.46. The Hall–Kier alpha value is -1.14. The fraction of sp³-hybridized carbons (Fsp3) is 0.615. The summed E-state index contributed by atoms with van der Waals surface area (Å²) < 4.78 is 0. The molecule has 1 amide bonds. The summed E-state index contributed by atoms with van der Waals surface area (Å²) in [6.45, 7) is 5.77. The van der Waals surface area contributed by atoms with E-state index in [1.165, 1.54) is 11.8 Å².